The van der Waals surface area contributed by atoms with Crippen molar-refractivity contribution in [3.63, 3.8) is 0 Å². The van der Waals surface area contributed by atoms with Crippen molar-refractivity contribution in [3.05, 3.63) is 88.6 Å². The number of ether oxygens (including phenoxy) is 3. The number of methoxy groups -OCH3 is 3. The molecule has 1 aliphatic rings. The fourth-order valence-electron chi connectivity index (χ4n) is 3.90. The van der Waals surface area contributed by atoms with Gasteiger partial charge in [0.1, 0.15) is 17.3 Å². The summed E-state index contributed by atoms with van der Waals surface area (Å²) in [6, 6.07) is 19.0. The Kier molecular flexibility index (Phi) is 6.18. The van der Waals surface area contributed by atoms with E-state index in [1.54, 1.807) is 32.3 Å². The van der Waals surface area contributed by atoms with Crippen LogP contribution in [0.1, 0.15) is 22.3 Å². The number of anilines is 1. The molecule has 1 heterocycles. The standard InChI is InChI=1S/C27H26N2O4/c1-17-10-12-22(18(2)14-17)29-26(20-11-13-24(32-4)25(16-20)33-5)28-21(27(29)30)15-19-8-6-7-9-23(19)31-3/h6-16H,1-5H3/b21-15+. The second-order valence-corrected chi connectivity index (χ2v) is 7.71. The minimum Gasteiger partial charge on any atom is -0.496 e. The normalized spacial score (nSPS) is 14.5. The minimum atomic E-state index is -0.211. The molecule has 1 aliphatic heterocycles. The molecule has 0 spiro atoms. The monoisotopic (exact) mass is 442 g/mol. The highest BCUT2D eigenvalue weighted by atomic mass is 16.5. The Morgan fingerprint density at radius 1 is 0.818 bits per heavy atom. The van der Waals surface area contributed by atoms with Gasteiger partial charge < -0.3 is 14.2 Å². The third kappa shape index (κ3) is 4.20. The van der Waals surface area contributed by atoms with Crippen LogP contribution >= 0.6 is 0 Å². The van der Waals surface area contributed by atoms with Crippen molar-refractivity contribution < 1.29 is 19.0 Å². The summed E-state index contributed by atoms with van der Waals surface area (Å²) in [6.45, 7) is 4.02. The summed E-state index contributed by atoms with van der Waals surface area (Å²) >= 11 is 0. The Morgan fingerprint density at radius 2 is 1.55 bits per heavy atom. The van der Waals surface area contributed by atoms with Crippen LogP contribution in [-0.2, 0) is 4.79 Å². The quantitative estimate of drug-likeness (QED) is 0.495. The lowest BCUT2D eigenvalue weighted by atomic mass is 10.1. The number of carbonyl (C=O) groups is 1. The van der Waals surface area contributed by atoms with Gasteiger partial charge in [0.2, 0.25) is 0 Å². The molecule has 1 amide bonds. The molecule has 0 N–H and O–H groups in total. The number of rotatable bonds is 6. The van der Waals surface area contributed by atoms with E-state index in [2.05, 4.69) is 6.07 Å². The predicted octanol–water partition coefficient (Wildman–Crippen LogP) is 5.16. The lowest BCUT2D eigenvalue weighted by Crippen LogP contribution is -2.33. The Balaban J connectivity index is 1.89. The number of amides is 1. The third-order valence-corrected chi connectivity index (χ3v) is 5.53. The molecule has 3 aromatic rings. The average Bonchev–Trinajstić information content (AvgIpc) is 3.14. The van der Waals surface area contributed by atoms with Gasteiger partial charge >= 0.3 is 0 Å². The maximum Gasteiger partial charge on any atom is 0.282 e. The summed E-state index contributed by atoms with van der Waals surface area (Å²) in [7, 11) is 4.77. The summed E-state index contributed by atoms with van der Waals surface area (Å²) in [5.74, 6) is 2.15. The van der Waals surface area contributed by atoms with Crippen molar-refractivity contribution in [2.45, 2.75) is 13.8 Å². The van der Waals surface area contributed by atoms with Crippen LogP contribution in [0.15, 0.2) is 71.4 Å². The topological polar surface area (TPSA) is 60.4 Å². The summed E-state index contributed by atoms with van der Waals surface area (Å²) in [4.78, 5) is 20.1. The highest BCUT2D eigenvalue weighted by Gasteiger charge is 2.34. The van der Waals surface area contributed by atoms with Crippen LogP contribution in [0.2, 0.25) is 0 Å². The van der Waals surface area contributed by atoms with Crippen LogP contribution < -0.4 is 19.1 Å². The SMILES string of the molecule is COc1ccccc1/C=C1/N=C(c2ccc(OC)c(OC)c2)N(c2ccc(C)cc2C)C1=O. The number of aryl methyl sites for hydroxylation is 2. The molecule has 0 saturated carbocycles. The number of aliphatic imine (C=N–C) groups is 1. The first-order chi connectivity index (χ1) is 16.0. The number of para-hydroxylation sites is 1. The molecular weight excluding hydrogens is 416 g/mol. The molecule has 168 valence electrons. The van der Waals surface area contributed by atoms with Gasteiger partial charge in [0.25, 0.3) is 5.91 Å². The van der Waals surface area contributed by atoms with Crippen molar-refractivity contribution >= 4 is 23.5 Å². The predicted molar refractivity (Wildman–Crippen MR) is 130 cm³/mol. The first-order valence-electron chi connectivity index (χ1n) is 10.5. The largest absolute Gasteiger partial charge is 0.496 e. The van der Waals surface area contributed by atoms with E-state index >= 15 is 0 Å². The smallest absolute Gasteiger partial charge is 0.282 e. The first-order valence-corrected chi connectivity index (χ1v) is 10.5. The first kappa shape index (κ1) is 22.1. The van der Waals surface area contributed by atoms with Crippen molar-refractivity contribution in [1.29, 1.82) is 0 Å². The average molecular weight is 443 g/mol. The van der Waals surface area contributed by atoms with Crippen LogP contribution in [-0.4, -0.2) is 33.1 Å². The second kappa shape index (κ2) is 9.20. The van der Waals surface area contributed by atoms with Crippen LogP contribution in [0.25, 0.3) is 6.08 Å². The molecule has 33 heavy (non-hydrogen) atoms. The Hall–Kier alpha value is -4.06. The van der Waals surface area contributed by atoms with Crippen LogP contribution in [0.4, 0.5) is 5.69 Å². The van der Waals surface area contributed by atoms with Gasteiger partial charge in [-0.3, -0.25) is 9.69 Å². The maximum atomic E-state index is 13.7. The van der Waals surface area contributed by atoms with Crippen LogP contribution in [0.5, 0.6) is 17.2 Å². The van der Waals surface area contributed by atoms with Gasteiger partial charge in [0.05, 0.1) is 27.0 Å². The van der Waals surface area contributed by atoms with Crippen molar-refractivity contribution in [1.82, 2.24) is 0 Å². The summed E-state index contributed by atoms with van der Waals surface area (Å²) in [6.07, 6.45) is 1.76. The Labute approximate surface area is 193 Å². The minimum absolute atomic E-state index is 0.211. The van der Waals surface area contributed by atoms with Gasteiger partial charge in [0.15, 0.2) is 11.5 Å². The summed E-state index contributed by atoms with van der Waals surface area (Å²) < 4.78 is 16.3. The van der Waals surface area contributed by atoms with Gasteiger partial charge in [-0.2, -0.15) is 0 Å². The molecular formula is C27H26N2O4. The molecule has 6 nitrogen and oxygen atoms in total. The molecule has 0 saturated heterocycles. The zero-order valence-corrected chi connectivity index (χ0v) is 19.4. The van der Waals surface area contributed by atoms with E-state index in [4.69, 9.17) is 19.2 Å². The van der Waals surface area contributed by atoms with Crippen LogP contribution in [0.3, 0.4) is 0 Å². The van der Waals surface area contributed by atoms with Crippen molar-refractivity contribution in [3.8, 4) is 17.2 Å². The van der Waals surface area contributed by atoms with E-state index in [0.29, 0.717) is 28.8 Å². The van der Waals surface area contributed by atoms with Crippen molar-refractivity contribution in [2.24, 2.45) is 4.99 Å². The van der Waals surface area contributed by atoms with Crippen LogP contribution in [0, 0.1) is 13.8 Å². The molecule has 0 radical (unpaired) electrons. The Bertz CT molecular complexity index is 1280. The molecule has 4 rings (SSSR count). The molecule has 0 aliphatic carbocycles. The second-order valence-electron chi connectivity index (χ2n) is 7.71. The molecule has 3 aromatic carbocycles. The van der Waals surface area contributed by atoms with Gasteiger partial charge in [-0.1, -0.05) is 35.9 Å². The van der Waals surface area contributed by atoms with Crippen molar-refractivity contribution in [2.75, 3.05) is 26.2 Å². The van der Waals surface area contributed by atoms with E-state index in [1.165, 1.54) is 0 Å². The number of nitrogens with zero attached hydrogens (tertiary/aromatic N) is 2. The zero-order valence-electron chi connectivity index (χ0n) is 19.4. The number of carbonyl (C=O) groups excluding carboxylic acids is 1. The van der Waals surface area contributed by atoms with Gasteiger partial charge in [0, 0.05) is 11.1 Å². The van der Waals surface area contributed by atoms with Gasteiger partial charge in [-0.25, -0.2) is 4.99 Å². The maximum absolute atomic E-state index is 13.7. The zero-order chi connectivity index (χ0) is 23.5. The third-order valence-electron chi connectivity index (χ3n) is 5.53. The molecule has 6 heteroatoms. The van der Waals surface area contributed by atoms with E-state index in [0.717, 1.165) is 27.9 Å². The number of benzene rings is 3. The van der Waals surface area contributed by atoms with Gasteiger partial charge in [-0.15, -0.1) is 0 Å². The number of amidine groups is 1. The van der Waals surface area contributed by atoms with E-state index in [9.17, 15) is 4.79 Å². The fraction of sp³-hybridized carbons (Fsp3) is 0.185. The number of hydrogen-bond acceptors (Lipinski definition) is 5. The lowest BCUT2D eigenvalue weighted by Gasteiger charge is -2.21. The Morgan fingerprint density at radius 3 is 2.24 bits per heavy atom. The van der Waals surface area contributed by atoms with E-state index < -0.39 is 0 Å². The summed E-state index contributed by atoms with van der Waals surface area (Å²) in [5, 5.41) is 0. The summed E-state index contributed by atoms with van der Waals surface area (Å²) in [5.41, 5.74) is 4.73. The van der Waals surface area contributed by atoms with E-state index in [1.807, 2.05) is 68.4 Å². The van der Waals surface area contributed by atoms with E-state index in [-0.39, 0.29) is 5.91 Å². The fourth-order valence-corrected chi connectivity index (χ4v) is 3.90. The molecule has 0 aromatic heterocycles. The molecule has 0 atom stereocenters. The lowest BCUT2D eigenvalue weighted by molar-refractivity contribution is -0.113. The molecule has 0 bridgehead atoms. The number of hydrogen-bond donors (Lipinski definition) is 0. The van der Waals surface area contributed by atoms with Gasteiger partial charge in [-0.05, 0) is 55.8 Å². The highest BCUT2D eigenvalue weighted by molar-refractivity contribution is 6.33. The highest BCUT2D eigenvalue weighted by Crippen LogP contribution is 2.34. The molecule has 0 fully saturated rings. The molecule has 0 unspecified atom stereocenters.